The molecule has 0 unspecified atom stereocenters. The van der Waals surface area contributed by atoms with Crippen LogP contribution in [0.1, 0.15) is 6.85 Å². The van der Waals surface area contributed by atoms with Crippen LogP contribution < -0.4 is 0 Å². The highest BCUT2D eigenvalue weighted by Gasteiger charge is 2.25. The molecular weight excluding hydrogens is 611 g/mol. The number of rotatable bonds is 2. The van der Waals surface area contributed by atoms with E-state index in [9.17, 15) is 0 Å². The van der Waals surface area contributed by atoms with Gasteiger partial charge in [-0.2, -0.15) is 0 Å². The fraction of sp³-hybridized carbons (Fsp3) is 0. The van der Waals surface area contributed by atoms with Gasteiger partial charge in [-0.1, -0.05) is 127 Å². The van der Waals surface area contributed by atoms with Crippen molar-refractivity contribution in [3.05, 3.63) is 139 Å². The molecule has 3 nitrogen and oxygen atoms in total. The second kappa shape index (κ2) is 9.46. The molecule has 0 bridgehead atoms. The topological polar surface area (TPSA) is 30.7 Å². The summed E-state index contributed by atoms with van der Waals surface area (Å²) in [5.74, 6) is 0.697. The van der Waals surface area contributed by atoms with Crippen molar-refractivity contribution in [2.45, 2.75) is 0 Å². The van der Waals surface area contributed by atoms with E-state index in [-0.39, 0.29) is 23.5 Å². The summed E-state index contributed by atoms with van der Waals surface area (Å²) in [6.45, 7) is 0. The van der Waals surface area contributed by atoms with E-state index in [2.05, 4.69) is 95.6 Å². The fourth-order valence-corrected chi connectivity index (χ4v) is 9.83. The normalized spacial score (nSPS) is 13.7. The number of benzene rings is 7. The summed E-state index contributed by atoms with van der Waals surface area (Å²) >= 11 is 3.30. The number of hydrogen-bond acceptors (Lipinski definition) is 4. The Morgan fingerprint density at radius 3 is 2.09 bits per heavy atom. The van der Waals surface area contributed by atoms with Crippen LogP contribution in [0.5, 0.6) is 0 Å². The van der Waals surface area contributed by atoms with Crippen LogP contribution >= 0.6 is 22.7 Å². The van der Waals surface area contributed by atoms with Gasteiger partial charge in [0.25, 0.3) is 0 Å². The minimum Gasteiger partial charge on any atom is -0.292 e. The molecular formula is C42H23N3S2. The highest BCUT2D eigenvalue weighted by Crippen LogP contribution is 2.49. The number of fused-ring (bicyclic) bond motifs is 15. The van der Waals surface area contributed by atoms with Crippen molar-refractivity contribution in [2.24, 2.45) is 0 Å². The molecule has 0 radical (unpaired) electrons. The van der Waals surface area contributed by atoms with Crippen LogP contribution in [0.4, 0.5) is 0 Å². The Morgan fingerprint density at radius 2 is 1.23 bits per heavy atom. The summed E-state index contributed by atoms with van der Waals surface area (Å²) in [4.78, 5) is 11.0. The molecule has 5 heteroatoms. The van der Waals surface area contributed by atoms with Crippen LogP contribution in [-0.2, 0) is 0 Å². The molecule has 218 valence electrons. The van der Waals surface area contributed by atoms with Gasteiger partial charge in [0, 0.05) is 41.9 Å². The number of para-hydroxylation sites is 1. The van der Waals surface area contributed by atoms with Gasteiger partial charge >= 0.3 is 0 Å². The van der Waals surface area contributed by atoms with Gasteiger partial charge in [-0.15, -0.1) is 22.7 Å². The Bertz CT molecular complexity index is 3350. The lowest BCUT2D eigenvalue weighted by atomic mass is 9.99. The minimum absolute atomic E-state index is 0.0188. The van der Waals surface area contributed by atoms with E-state index in [0.717, 1.165) is 58.1 Å². The van der Waals surface area contributed by atoms with E-state index in [1.54, 1.807) is 22.7 Å². The SMILES string of the molecule is [2H]c1c([2H])c([2H])c(-c2nc(-n3c4ccccc4c4c5ccccc5c5c6ccccc6sc5c43)c3c(n2)sc2c4ccccc4ccc23)c([2H])c1[2H]. The Labute approximate surface area is 283 Å². The zero-order valence-corrected chi connectivity index (χ0v) is 26.2. The molecule has 4 aromatic heterocycles. The average Bonchev–Trinajstić information content (AvgIpc) is 3.86. The number of nitrogens with zero attached hydrogens (tertiary/aromatic N) is 3. The van der Waals surface area contributed by atoms with Crippen molar-refractivity contribution in [2.75, 3.05) is 0 Å². The minimum atomic E-state index is -0.449. The van der Waals surface area contributed by atoms with Gasteiger partial charge in [0.2, 0.25) is 0 Å². The summed E-state index contributed by atoms with van der Waals surface area (Å²) in [6, 6.07) is 36.1. The molecule has 0 aliphatic heterocycles. The van der Waals surface area contributed by atoms with Crippen LogP contribution in [0.3, 0.4) is 0 Å². The molecule has 11 aromatic rings. The lowest BCUT2D eigenvalue weighted by Crippen LogP contribution is -2.02. The van der Waals surface area contributed by atoms with Gasteiger partial charge < -0.3 is 0 Å². The van der Waals surface area contributed by atoms with E-state index >= 15 is 0 Å². The van der Waals surface area contributed by atoms with Crippen molar-refractivity contribution < 1.29 is 6.85 Å². The Morgan fingerprint density at radius 1 is 0.532 bits per heavy atom. The van der Waals surface area contributed by atoms with Gasteiger partial charge in [0.15, 0.2) is 11.6 Å². The van der Waals surface area contributed by atoms with Crippen LogP contribution in [0, 0.1) is 0 Å². The van der Waals surface area contributed by atoms with Crippen molar-refractivity contribution >= 4 is 106 Å². The summed E-state index contributed by atoms with van der Waals surface area (Å²) in [5.41, 5.74) is 1.96. The standard InChI is InChI=1S/C42H23N3S2/c1-2-13-25(14-3-1)40-43-41(36-31-23-22-24-12-4-5-15-26(24)38(31)47-42(36)44-40)45-32-20-10-8-18-29(32)34-27-16-6-7-17-28(27)35-30-19-9-11-21-33(30)46-39(35)37(34)45/h1-23H/i1D,2D,3D,13D,14D. The zero-order chi connectivity index (χ0) is 35.0. The maximum absolute atomic E-state index is 8.91. The molecule has 11 rings (SSSR count). The van der Waals surface area contributed by atoms with Crippen molar-refractivity contribution in [1.29, 1.82) is 0 Å². The second-order valence-electron chi connectivity index (χ2n) is 11.7. The molecule has 0 aliphatic rings. The first kappa shape index (κ1) is 21.2. The van der Waals surface area contributed by atoms with Gasteiger partial charge in [-0.25, -0.2) is 9.97 Å². The van der Waals surface area contributed by atoms with Crippen LogP contribution in [0.15, 0.2) is 139 Å². The zero-order valence-electron chi connectivity index (χ0n) is 29.6. The molecule has 0 N–H and O–H groups in total. The number of thiophene rings is 2. The molecule has 0 amide bonds. The lowest BCUT2D eigenvalue weighted by molar-refractivity contribution is 1.08. The monoisotopic (exact) mass is 638 g/mol. The summed E-state index contributed by atoms with van der Waals surface area (Å²) in [7, 11) is 0. The molecule has 0 saturated carbocycles. The molecule has 0 spiro atoms. The van der Waals surface area contributed by atoms with Crippen LogP contribution in [-0.4, -0.2) is 14.5 Å². The van der Waals surface area contributed by atoms with Crippen LogP contribution in [0.25, 0.3) is 101 Å². The highest BCUT2D eigenvalue weighted by molar-refractivity contribution is 7.27. The average molecular weight is 639 g/mol. The molecule has 0 aliphatic carbocycles. The van der Waals surface area contributed by atoms with Crippen molar-refractivity contribution in [3.8, 4) is 17.2 Å². The maximum atomic E-state index is 8.91. The molecule has 4 heterocycles. The van der Waals surface area contributed by atoms with Gasteiger partial charge in [-0.05, 0) is 33.7 Å². The number of aromatic nitrogens is 3. The first-order chi connectivity index (χ1) is 25.4. The largest absolute Gasteiger partial charge is 0.292 e. The smallest absolute Gasteiger partial charge is 0.163 e. The van der Waals surface area contributed by atoms with E-state index in [1.165, 1.54) is 20.9 Å². The van der Waals surface area contributed by atoms with Crippen molar-refractivity contribution in [1.82, 2.24) is 14.5 Å². The second-order valence-corrected chi connectivity index (χ2v) is 13.8. The first-order valence-electron chi connectivity index (χ1n) is 17.9. The Balaban J connectivity index is 1.41. The lowest BCUT2D eigenvalue weighted by Gasteiger charge is -2.12. The molecule has 7 aromatic carbocycles. The molecule has 0 saturated heterocycles. The third kappa shape index (κ3) is 3.45. The van der Waals surface area contributed by atoms with Gasteiger partial charge in [0.1, 0.15) is 4.83 Å². The Kier molecular flexibility index (Phi) is 4.27. The van der Waals surface area contributed by atoms with E-state index in [1.807, 2.05) is 18.2 Å². The highest BCUT2D eigenvalue weighted by atomic mass is 32.1. The third-order valence-electron chi connectivity index (χ3n) is 9.29. The molecule has 0 fully saturated rings. The van der Waals surface area contributed by atoms with E-state index in [0.29, 0.717) is 10.6 Å². The summed E-state index contributed by atoms with van der Waals surface area (Å²) in [5, 5.41) is 11.0. The summed E-state index contributed by atoms with van der Waals surface area (Å²) < 4.78 is 48.7. The molecule has 47 heavy (non-hydrogen) atoms. The van der Waals surface area contributed by atoms with Crippen molar-refractivity contribution in [3.63, 3.8) is 0 Å². The predicted octanol–water partition coefficient (Wildman–Crippen LogP) is 12.3. The van der Waals surface area contributed by atoms with E-state index in [4.69, 9.17) is 16.8 Å². The van der Waals surface area contributed by atoms with Gasteiger partial charge in [-0.3, -0.25) is 4.57 Å². The quantitative estimate of drug-likeness (QED) is 0.189. The third-order valence-corrected chi connectivity index (χ3v) is 11.6. The fourth-order valence-electron chi connectivity index (χ4n) is 7.37. The maximum Gasteiger partial charge on any atom is 0.163 e. The van der Waals surface area contributed by atoms with E-state index < -0.39 is 18.1 Å². The van der Waals surface area contributed by atoms with Gasteiger partial charge in [0.05, 0.1) is 28.0 Å². The van der Waals surface area contributed by atoms with Crippen LogP contribution in [0.2, 0.25) is 0 Å². The summed E-state index contributed by atoms with van der Waals surface area (Å²) in [6.07, 6.45) is 0. The first-order valence-corrected chi connectivity index (χ1v) is 17.0. The number of hydrogen-bond donors (Lipinski definition) is 0. The Hall–Kier alpha value is -5.62. The predicted molar refractivity (Wildman–Crippen MR) is 203 cm³/mol. The molecule has 0 atom stereocenters.